The summed E-state index contributed by atoms with van der Waals surface area (Å²) >= 11 is 13.8. The van der Waals surface area contributed by atoms with Gasteiger partial charge in [0.25, 0.3) is 0 Å². The molecule has 3 N–H and O–H groups in total. The first-order valence-corrected chi connectivity index (χ1v) is 13.8. The van der Waals surface area contributed by atoms with Gasteiger partial charge in [0.05, 0.1) is 33.2 Å². The monoisotopic (exact) mass is 611 g/mol. The first-order valence-electron chi connectivity index (χ1n) is 11.2. The van der Waals surface area contributed by atoms with Crippen molar-refractivity contribution in [2.45, 2.75) is 17.8 Å². The van der Waals surface area contributed by atoms with Crippen molar-refractivity contribution < 1.29 is 27.9 Å². The Morgan fingerprint density at radius 1 is 1.15 bits per heavy atom. The Kier molecular flexibility index (Phi) is 8.63. The number of carbonyl (C=O) groups is 2. The topological polar surface area (TPSA) is 102 Å². The number of hydrogen-bond donors (Lipinski definition) is 3. The summed E-state index contributed by atoms with van der Waals surface area (Å²) in [4.78, 5) is 26.1. The summed E-state index contributed by atoms with van der Waals surface area (Å²) in [6, 6.07) is 16.8. The predicted octanol–water partition coefficient (Wildman–Crippen LogP) is 6.60. The SMILES string of the molecule is N#CC1=C(SCC(=O)Nc2cccc(Cl)c2)N[C@](O)(C(F)(F)F)[C@@H](C(=O)c2cccs2)[C@@H]1c1ccccc1Cl. The number of allylic oxidation sites excluding steroid dienone is 1. The number of carbonyl (C=O) groups excluding carboxylic acids is 2. The van der Waals surface area contributed by atoms with Gasteiger partial charge in [0, 0.05) is 21.7 Å². The number of halogens is 5. The lowest BCUT2D eigenvalue weighted by atomic mass is 9.70. The Hall–Kier alpha value is -3.01. The highest BCUT2D eigenvalue weighted by molar-refractivity contribution is 8.03. The molecule has 1 amide bonds. The zero-order valence-corrected chi connectivity index (χ0v) is 22.8. The highest BCUT2D eigenvalue weighted by Crippen LogP contribution is 2.52. The number of nitriles is 1. The lowest BCUT2D eigenvalue weighted by Gasteiger charge is -2.45. The lowest BCUT2D eigenvalue weighted by molar-refractivity contribution is -0.285. The van der Waals surface area contributed by atoms with E-state index in [0.29, 0.717) is 22.5 Å². The third-order valence-corrected chi connectivity index (χ3v) is 8.42. The highest BCUT2D eigenvalue weighted by Gasteiger charge is 2.66. The van der Waals surface area contributed by atoms with Crippen molar-refractivity contribution in [2.24, 2.45) is 5.92 Å². The molecule has 0 saturated carbocycles. The molecule has 0 radical (unpaired) electrons. The molecule has 3 atom stereocenters. The van der Waals surface area contributed by atoms with Crippen LogP contribution in [-0.4, -0.2) is 34.5 Å². The van der Waals surface area contributed by atoms with Gasteiger partial charge in [-0.2, -0.15) is 18.4 Å². The van der Waals surface area contributed by atoms with Crippen LogP contribution < -0.4 is 10.6 Å². The molecular weight excluding hydrogens is 594 g/mol. The molecule has 0 unspecified atom stereocenters. The number of amides is 1. The average molecular weight is 612 g/mol. The summed E-state index contributed by atoms with van der Waals surface area (Å²) in [6.45, 7) is 0. The minimum absolute atomic E-state index is 0.00806. The molecule has 4 rings (SSSR count). The fourth-order valence-corrected chi connectivity index (χ4v) is 6.28. The molecule has 0 saturated heterocycles. The normalized spacial score (nSPS) is 21.2. The molecule has 1 aliphatic heterocycles. The minimum Gasteiger partial charge on any atom is -0.363 e. The maximum absolute atomic E-state index is 14.6. The predicted molar refractivity (Wildman–Crippen MR) is 146 cm³/mol. The Balaban J connectivity index is 1.80. The van der Waals surface area contributed by atoms with E-state index in [4.69, 9.17) is 23.2 Å². The summed E-state index contributed by atoms with van der Waals surface area (Å²) in [7, 11) is 0. The number of benzene rings is 2. The van der Waals surface area contributed by atoms with Gasteiger partial charge in [0.2, 0.25) is 11.6 Å². The van der Waals surface area contributed by atoms with Crippen molar-refractivity contribution in [1.29, 1.82) is 5.26 Å². The number of ketones is 1. The van der Waals surface area contributed by atoms with Crippen LogP contribution in [-0.2, 0) is 4.79 Å². The third-order valence-electron chi connectivity index (χ3n) is 5.94. The number of thioether (sulfide) groups is 1. The van der Waals surface area contributed by atoms with Crippen molar-refractivity contribution >= 4 is 63.7 Å². The maximum atomic E-state index is 14.6. The number of rotatable bonds is 7. The molecule has 2 heterocycles. The van der Waals surface area contributed by atoms with Crippen LogP contribution in [0.3, 0.4) is 0 Å². The molecule has 0 bridgehead atoms. The third kappa shape index (κ3) is 5.95. The summed E-state index contributed by atoms with van der Waals surface area (Å²) < 4.78 is 43.8. The maximum Gasteiger partial charge on any atom is 0.437 e. The molecule has 1 aromatic heterocycles. The molecule has 202 valence electrons. The standard InChI is InChI=1S/C26H18Cl2F3N3O3S2/c27-14-5-3-6-15(11-14)33-20(35)13-39-24-17(12-32)21(16-7-1-2-8-18(16)28)22(23(36)19-9-4-10-38-19)25(37,34-24)26(29,30)31/h1-11,21-22,34,37H,13H2,(H,33,35)/t21-,22-,25-/m1/s1. The van der Waals surface area contributed by atoms with Crippen LogP contribution in [0, 0.1) is 17.2 Å². The van der Waals surface area contributed by atoms with Gasteiger partial charge in [0.15, 0.2) is 5.78 Å². The second-order valence-electron chi connectivity index (χ2n) is 8.41. The molecule has 0 spiro atoms. The number of nitrogens with zero attached hydrogens (tertiary/aromatic N) is 1. The molecule has 6 nitrogen and oxygen atoms in total. The zero-order valence-electron chi connectivity index (χ0n) is 19.6. The van der Waals surface area contributed by atoms with Crippen LogP contribution in [0.25, 0.3) is 0 Å². The molecule has 13 heteroatoms. The van der Waals surface area contributed by atoms with E-state index in [2.05, 4.69) is 5.32 Å². The molecule has 3 aromatic rings. The first-order chi connectivity index (χ1) is 18.5. The van der Waals surface area contributed by atoms with E-state index >= 15 is 0 Å². The summed E-state index contributed by atoms with van der Waals surface area (Å²) in [5.74, 6) is -5.82. The van der Waals surface area contributed by atoms with E-state index in [9.17, 15) is 33.1 Å². The van der Waals surface area contributed by atoms with Crippen LogP contribution in [0.2, 0.25) is 10.0 Å². The first kappa shape index (κ1) is 29.0. The largest absolute Gasteiger partial charge is 0.437 e. The second kappa shape index (κ2) is 11.6. The molecule has 0 aliphatic carbocycles. The van der Waals surface area contributed by atoms with Crippen molar-refractivity contribution in [3.05, 3.63) is 97.1 Å². The Bertz CT molecular complexity index is 1470. The number of anilines is 1. The quantitative estimate of drug-likeness (QED) is 0.260. The van der Waals surface area contributed by atoms with Crippen LogP contribution in [0.1, 0.15) is 21.2 Å². The smallest absolute Gasteiger partial charge is 0.363 e. The summed E-state index contributed by atoms with van der Waals surface area (Å²) in [5.41, 5.74) is -3.64. The average Bonchev–Trinajstić information content (AvgIpc) is 3.42. The van der Waals surface area contributed by atoms with Gasteiger partial charge >= 0.3 is 6.18 Å². The van der Waals surface area contributed by atoms with Crippen molar-refractivity contribution in [3.63, 3.8) is 0 Å². The number of alkyl halides is 3. The van der Waals surface area contributed by atoms with E-state index in [0.717, 1.165) is 11.3 Å². The second-order valence-corrected chi connectivity index (χ2v) is 11.2. The fraction of sp³-hybridized carbons (Fsp3) is 0.192. The van der Waals surface area contributed by atoms with Gasteiger partial charge in [-0.3, -0.25) is 9.59 Å². The number of thiophene rings is 1. The van der Waals surface area contributed by atoms with Crippen molar-refractivity contribution in [1.82, 2.24) is 5.32 Å². The van der Waals surface area contributed by atoms with E-state index in [-0.39, 0.29) is 21.0 Å². The molecule has 1 aliphatic rings. The number of Topliss-reactive ketones (excluding diaryl/α,β-unsaturated/α-hetero) is 1. The molecule has 39 heavy (non-hydrogen) atoms. The van der Waals surface area contributed by atoms with Gasteiger partial charge in [-0.15, -0.1) is 11.3 Å². The van der Waals surface area contributed by atoms with Crippen LogP contribution >= 0.6 is 46.3 Å². The molecule has 2 aromatic carbocycles. The molecule has 0 fully saturated rings. The van der Waals surface area contributed by atoms with Crippen LogP contribution in [0.15, 0.2) is 76.6 Å². The van der Waals surface area contributed by atoms with Crippen LogP contribution in [0.4, 0.5) is 18.9 Å². The number of nitrogens with one attached hydrogen (secondary N) is 2. The fourth-order valence-electron chi connectivity index (χ4n) is 4.23. The van der Waals surface area contributed by atoms with Gasteiger partial charge in [-0.1, -0.05) is 65.3 Å². The van der Waals surface area contributed by atoms with E-state index in [1.807, 2.05) is 11.4 Å². The lowest BCUT2D eigenvalue weighted by Crippen LogP contribution is -2.66. The van der Waals surface area contributed by atoms with E-state index in [1.54, 1.807) is 24.3 Å². The number of aliphatic hydroxyl groups is 1. The van der Waals surface area contributed by atoms with Gasteiger partial charge in [-0.25, -0.2) is 0 Å². The highest BCUT2D eigenvalue weighted by atomic mass is 35.5. The van der Waals surface area contributed by atoms with E-state index in [1.165, 1.54) is 41.8 Å². The Morgan fingerprint density at radius 3 is 2.51 bits per heavy atom. The van der Waals surface area contributed by atoms with E-state index < -0.39 is 46.2 Å². The van der Waals surface area contributed by atoms with Gasteiger partial charge < -0.3 is 15.7 Å². The Labute approximate surface area is 239 Å². The van der Waals surface area contributed by atoms with Gasteiger partial charge in [-0.05, 0) is 41.3 Å². The van der Waals surface area contributed by atoms with Crippen molar-refractivity contribution in [3.8, 4) is 6.07 Å². The number of hydrogen-bond acceptors (Lipinski definition) is 7. The Morgan fingerprint density at radius 2 is 1.90 bits per heavy atom. The summed E-state index contributed by atoms with van der Waals surface area (Å²) in [6.07, 6.45) is -5.36. The van der Waals surface area contributed by atoms with Gasteiger partial charge in [0.1, 0.15) is 0 Å². The zero-order chi connectivity index (χ0) is 28.4. The van der Waals surface area contributed by atoms with Crippen molar-refractivity contribution in [2.75, 3.05) is 11.1 Å². The minimum atomic E-state index is -5.36. The summed E-state index contributed by atoms with van der Waals surface area (Å²) in [5, 5.41) is 27.4. The molecular formula is C26H18Cl2F3N3O3S2. The van der Waals surface area contributed by atoms with Crippen LogP contribution in [0.5, 0.6) is 0 Å².